The van der Waals surface area contributed by atoms with Gasteiger partial charge in [0.05, 0.1) is 28.5 Å². The number of methoxy groups -OCH3 is 1. The summed E-state index contributed by atoms with van der Waals surface area (Å²) in [6, 6.07) is 16.2. The molecule has 2 fully saturated rings. The number of anilines is 3. The van der Waals surface area contributed by atoms with Crippen LogP contribution in [0.1, 0.15) is 34.7 Å². The van der Waals surface area contributed by atoms with Gasteiger partial charge < -0.3 is 20.7 Å². The predicted molar refractivity (Wildman–Crippen MR) is 164 cm³/mol. The molecule has 2 aliphatic carbocycles. The van der Waals surface area contributed by atoms with Crippen LogP contribution in [0.25, 0.3) is 0 Å². The average molecular weight is 656 g/mol. The zero-order chi connectivity index (χ0) is 29.5. The van der Waals surface area contributed by atoms with Crippen molar-refractivity contribution >= 4 is 92.8 Å². The highest BCUT2D eigenvalue weighted by Crippen LogP contribution is 2.65. The van der Waals surface area contributed by atoms with Crippen LogP contribution < -0.4 is 16.0 Å². The van der Waals surface area contributed by atoms with Crippen molar-refractivity contribution < 1.29 is 19.1 Å². The summed E-state index contributed by atoms with van der Waals surface area (Å²) in [5.41, 5.74) is 1.77. The van der Waals surface area contributed by atoms with Crippen LogP contribution in [0.3, 0.4) is 0 Å². The number of halogens is 5. The van der Waals surface area contributed by atoms with Crippen molar-refractivity contribution in [2.24, 2.45) is 11.3 Å². The van der Waals surface area contributed by atoms with E-state index in [0.29, 0.717) is 39.3 Å². The molecule has 2 aliphatic rings. The quantitative estimate of drug-likeness (QED) is 0.205. The first-order valence-corrected chi connectivity index (χ1v) is 14.5. The number of rotatable bonds is 9. The van der Waals surface area contributed by atoms with Crippen molar-refractivity contribution in [3.8, 4) is 0 Å². The van der Waals surface area contributed by atoms with E-state index in [1.165, 1.54) is 12.1 Å². The second-order valence-electron chi connectivity index (χ2n) is 10.2. The number of hydrogen-bond donors (Lipinski definition) is 3. The molecule has 0 saturated heterocycles. The van der Waals surface area contributed by atoms with Crippen LogP contribution in [0.15, 0.2) is 60.7 Å². The van der Waals surface area contributed by atoms with Crippen LogP contribution in [-0.2, 0) is 14.3 Å². The molecule has 12 heteroatoms. The van der Waals surface area contributed by atoms with Gasteiger partial charge >= 0.3 is 0 Å². The lowest BCUT2D eigenvalue weighted by Crippen LogP contribution is -2.27. The summed E-state index contributed by atoms with van der Waals surface area (Å²) in [4.78, 5) is 38.7. The molecule has 0 radical (unpaired) electrons. The molecule has 3 aromatic rings. The minimum atomic E-state index is -1.35. The monoisotopic (exact) mass is 653 g/mol. The second kappa shape index (κ2) is 11.6. The molecule has 0 spiro atoms. The highest BCUT2D eigenvalue weighted by atomic mass is 35.5. The van der Waals surface area contributed by atoms with Crippen LogP contribution in [0.4, 0.5) is 17.1 Å². The SMILES string of the molecule is COCC1(C(=O)Nc2ccc(NC(=O)c3cc(NC(=O)[C@H]4[C@H](c5cc(Cl)cc(Cl)c5)C4(Cl)Cl)ccc3Cl)cc2)CC1. The molecule has 5 rings (SSSR count). The van der Waals surface area contributed by atoms with Gasteiger partial charge in [-0.15, -0.1) is 23.2 Å². The Bertz CT molecular complexity index is 1510. The topological polar surface area (TPSA) is 96.5 Å². The molecule has 0 aromatic heterocycles. The van der Waals surface area contributed by atoms with Gasteiger partial charge in [-0.05, 0) is 79.1 Å². The summed E-state index contributed by atoms with van der Waals surface area (Å²) in [6.45, 7) is 0.379. The summed E-state index contributed by atoms with van der Waals surface area (Å²) in [5, 5.41) is 9.44. The Morgan fingerprint density at radius 1 is 0.829 bits per heavy atom. The molecule has 7 nitrogen and oxygen atoms in total. The largest absolute Gasteiger partial charge is 0.384 e. The smallest absolute Gasteiger partial charge is 0.257 e. The molecule has 41 heavy (non-hydrogen) atoms. The second-order valence-corrected chi connectivity index (χ2v) is 12.9. The molecule has 0 aliphatic heterocycles. The molecule has 3 amide bonds. The number of carbonyl (C=O) groups is 3. The van der Waals surface area contributed by atoms with Crippen molar-refractivity contribution in [2.45, 2.75) is 23.1 Å². The van der Waals surface area contributed by atoms with Crippen molar-refractivity contribution in [3.63, 3.8) is 0 Å². The van der Waals surface area contributed by atoms with Gasteiger partial charge in [-0.25, -0.2) is 0 Å². The lowest BCUT2D eigenvalue weighted by atomic mass is 10.1. The Balaban J connectivity index is 1.23. The number of nitrogens with one attached hydrogen (secondary N) is 3. The molecule has 3 aromatic carbocycles. The number of hydrogen-bond acceptors (Lipinski definition) is 4. The summed E-state index contributed by atoms with van der Waals surface area (Å²) >= 11 is 31.4. The van der Waals surface area contributed by atoms with E-state index in [4.69, 9.17) is 62.7 Å². The van der Waals surface area contributed by atoms with Crippen LogP contribution >= 0.6 is 58.0 Å². The third-order valence-corrected chi connectivity index (χ3v) is 8.92. The first-order chi connectivity index (χ1) is 19.4. The summed E-state index contributed by atoms with van der Waals surface area (Å²) < 4.78 is 3.82. The minimum Gasteiger partial charge on any atom is -0.384 e. The zero-order valence-electron chi connectivity index (χ0n) is 21.6. The number of carbonyl (C=O) groups excluding carboxylic acids is 3. The lowest BCUT2D eigenvalue weighted by molar-refractivity contribution is -0.123. The maximum absolute atomic E-state index is 13.1. The Morgan fingerprint density at radius 3 is 2.00 bits per heavy atom. The van der Waals surface area contributed by atoms with E-state index in [0.717, 1.165) is 12.8 Å². The number of benzene rings is 3. The lowest BCUT2D eigenvalue weighted by Gasteiger charge is -2.14. The van der Waals surface area contributed by atoms with Crippen LogP contribution in [0, 0.1) is 11.3 Å². The average Bonchev–Trinajstić information content (AvgIpc) is 3.80. The van der Waals surface area contributed by atoms with Crippen molar-refractivity contribution in [3.05, 3.63) is 86.9 Å². The third-order valence-electron chi connectivity index (χ3n) is 7.22. The van der Waals surface area contributed by atoms with Crippen LogP contribution in [0.2, 0.25) is 15.1 Å². The van der Waals surface area contributed by atoms with E-state index in [9.17, 15) is 14.4 Å². The molecule has 0 unspecified atom stereocenters. The highest BCUT2D eigenvalue weighted by Gasteiger charge is 2.67. The first-order valence-electron chi connectivity index (χ1n) is 12.6. The highest BCUT2D eigenvalue weighted by molar-refractivity contribution is 6.53. The third kappa shape index (κ3) is 6.46. The maximum atomic E-state index is 13.1. The van der Waals surface area contributed by atoms with Gasteiger partial charge in [0.2, 0.25) is 11.8 Å². The predicted octanol–water partition coefficient (Wildman–Crippen LogP) is 7.79. The van der Waals surface area contributed by atoms with Gasteiger partial charge in [0, 0.05) is 40.1 Å². The van der Waals surface area contributed by atoms with Gasteiger partial charge in [-0.1, -0.05) is 34.8 Å². The van der Waals surface area contributed by atoms with Crippen LogP contribution in [0.5, 0.6) is 0 Å². The van der Waals surface area contributed by atoms with Gasteiger partial charge in [-0.3, -0.25) is 14.4 Å². The van der Waals surface area contributed by atoms with Crippen LogP contribution in [-0.4, -0.2) is 35.8 Å². The maximum Gasteiger partial charge on any atom is 0.257 e. The molecule has 2 saturated carbocycles. The summed E-state index contributed by atoms with van der Waals surface area (Å²) in [5.74, 6) is -2.28. The fraction of sp³-hybridized carbons (Fsp3) is 0.276. The molecule has 0 bridgehead atoms. The Morgan fingerprint density at radius 2 is 1.41 bits per heavy atom. The van der Waals surface area contributed by atoms with Gasteiger partial charge in [-0.2, -0.15) is 0 Å². The zero-order valence-corrected chi connectivity index (χ0v) is 25.4. The van der Waals surface area contributed by atoms with Gasteiger partial charge in [0.25, 0.3) is 5.91 Å². The normalized spacial score (nSPS) is 19.7. The number of ether oxygens (including phenoxy) is 1. The Hall–Kier alpha value is -2.52. The number of alkyl halides is 2. The van der Waals surface area contributed by atoms with Crippen molar-refractivity contribution in [1.29, 1.82) is 0 Å². The van der Waals surface area contributed by atoms with Gasteiger partial charge in [0.15, 0.2) is 0 Å². The van der Waals surface area contributed by atoms with E-state index in [1.54, 1.807) is 55.6 Å². The standard InChI is InChI=1S/C29H24Cl5N3O4/c1-41-14-28(8-9-28)27(40)37-19-4-2-18(3-5-19)35-25(38)21-13-20(6-7-22(21)32)36-26(39)24-23(29(24,33)34)15-10-16(30)12-17(31)11-15/h2-7,10-13,23-24H,8-9,14H2,1H3,(H,35,38)(H,36,39)(H,37,40)/t23-,24+/m0/s1. The van der Waals surface area contributed by atoms with E-state index in [-0.39, 0.29) is 16.5 Å². The first kappa shape index (κ1) is 30.0. The van der Waals surface area contributed by atoms with Gasteiger partial charge in [0.1, 0.15) is 4.33 Å². The van der Waals surface area contributed by atoms with E-state index >= 15 is 0 Å². The summed E-state index contributed by atoms with van der Waals surface area (Å²) in [6.07, 6.45) is 1.58. The fourth-order valence-electron chi connectivity index (χ4n) is 4.78. The Labute approximate surface area is 261 Å². The fourth-order valence-corrected chi connectivity index (χ4v) is 6.36. The molecule has 3 N–H and O–H groups in total. The minimum absolute atomic E-state index is 0.0868. The van der Waals surface area contributed by atoms with Crippen molar-refractivity contribution in [2.75, 3.05) is 29.7 Å². The molecular weight excluding hydrogens is 632 g/mol. The van der Waals surface area contributed by atoms with E-state index in [2.05, 4.69) is 16.0 Å². The Kier molecular flexibility index (Phi) is 8.50. The molecule has 0 heterocycles. The molecule has 2 atom stereocenters. The molecular formula is C29H24Cl5N3O4. The number of amides is 3. The van der Waals surface area contributed by atoms with E-state index < -0.39 is 33.4 Å². The molecule has 214 valence electrons. The van der Waals surface area contributed by atoms with Crippen molar-refractivity contribution in [1.82, 2.24) is 0 Å². The van der Waals surface area contributed by atoms with E-state index in [1.807, 2.05) is 0 Å². The summed E-state index contributed by atoms with van der Waals surface area (Å²) in [7, 11) is 1.58.